The largest absolute Gasteiger partial charge is 0.390 e. The van der Waals surface area contributed by atoms with E-state index >= 15 is 0 Å². The molecule has 74 valence electrons. The Balaban J connectivity index is 2.03. The fourth-order valence-corrected chi connectivity index (χ4v) is 1.72. The van der Waals surface area contributed by atoms with Crippen molar-refractivity contribution in [2.45, 2.75) is 31.8 Å². The van der Waals surface area contributed by atoms with E-state index in [0.29, 0.717) is 0 Å². The molecule has 1 fully saturated rings. The van der Waals surface area contributed by atoms with Gasteiger partial charge in [0.2, 0.25) is 0 Å². The van der Waals surface area contributed by atoms with E-state index in [4.69, 9.17) is 0 Å². The van der Waals surface area contributed by atoms with E-state index in [1.807, 2.05) is 18.2 Å². The highest BCUT2D eigenvalue weighted by Crippen LogP contribution is 2.40. The lowest BCUT2D eigenvalue weighted by Gasteiger charge is -2.07. The lowest BCUT2D eigenvalue weighted by molar-refractivity contribution is 0.151. The normalized spacial score (nSPS) is 19.4. The van der Waals surface area contributed by atoms with Gasteiger partial charge in [0.15, 0.2) is 0 Å². The van der Waals surface area contributed by atoms with Gasteiger partial charge in [0.1, 0.15) is 0 Å². The van der Waals surface area contributed by atoms with Crippen molar-refractivity contribution in [1.29, 1.82) is 0 Å². The smallest absolute Gasteiger partial charge is 0.0686 e. The summed E-state index contributed by atoms with van der Waals surface area (Å²) < 4.78 is 0. The summed E-state index contributed by atoms with van der Waals surface area (Å²) in [6.07, 6.45) is 4.90. The highest BCUT2D eigenvalue weighted by molar-refractivity contribution is 5.52. The molecule has 1 aromatic rings. The molecule has 14 heavy (non-hydrogen) atoms. The fourth-order valence-electron chi connectivity index (χ4n) is 1.72. The topological polar surface area (TPSA) is 20.2 Å². The summed E-state index contributed by atoms with van der Waals surface area (Å²) in [6.45, 7) is 2.09. The van der Waals surface area contributed by atoms with Gasteiger partial charge in [0.25, 0.3) is 0 Å². The average molecular weight is 188 g/mol. The predicted molar refractivity (Wildman–Crippen MR) is 58.9 cm³/mol. The van der Waals surface area contributed by atoms with Crippen molar-refractivity contribution in [3.8, 4) is 0 Å². The Hall–Kier alpha value is -1.08. The van der Waals surface area contributed by atoms with E-state index in [2.05, 4.69) is 25.1 Å². The summed E-state index contributed by atoms with van der Waals surface area (Å²) in [7, 11) is 0. The van der Waals surface area contributed by atoms with Crippen LogP contribution in [0.2, 0.25) is 0 Å². The fraction of sp³-hybridized carbons (Fsp3) is 0.385. The third-order valence-corrected chi connectivity index (χ3v) is 2.65. The highest BCUT2D eigenvalue weighted by atomic mass is 16.3. The van der Waals surface area contributed by atoms with Crippen molar-refractivity contribution in [3.05, 3.63) is 41.5 Å². The van der Waals surface area contributed by atoms with Crippen LogP contribution in [0.5, 0.6) is 0 Å². The summed E-state index contributed by atoms with van der Waals surface area (Å²) in [4.78, 5) is 0. The van der Waals surface area contributed by atoms with Crippen molar-refractivity contribution in [3.63, 3.8) is 0 Å². The third kappa shape index (κ3) is 2.46. The summed E-state index contributed by atoms with van der Waals surface area (Å²) in [5.74, 6) is 0. The van der Waals surface area contributed by atoms with Crippen LogP contribution in [-0.4, -0.2) is 10.7 Å². The molecule has 0 amide bonds. The van der Waals surface area contributed by atoms with Gasteiger partial charge in [-0.25, -0.2) is 0 Å². The van der Waals surface area contributed by atoms with Gasteiger partial charge in [-0.2, -0.15) is 0 Å². The Labute approximate surface area is 85.1 Å². The van der Waals surface area contributed by atoms with Crippen molar-refractivity contribution < 1.29 is 5.11 Å². The lowest BCUT2D eigenvalue weighted by Crippen LogP contribution is -2.06. The first-order valence-corrected chi connectivity index (χ1v) is 5.13. The Kier molecular flexibility index (Phi) is 2.42. The molecule has 1 aromatic carbocycles. The quantitative estimate of drug-likeness (QED) is 0.773. The maximum Gasteiger partial charge on any atom is 0.0686 e. The molecule has 0 bridgehead atoms. The average Bonchev–Trinajstić information content (AvgIpc) is 2.84. The Morgan fingerprint density at radius 1 is 1.36 bits per heavy atom. The molecule has 0 radical (unpaired) electrons. The lowest BCUT2D eigenvalue weighted by atomic mass is 10.1. The van der Waals surface area contributed by atoms with Gasteiger partial charge in [-0.15, -0.1) is 0 Å². The second-order valence-corrected chi connectivity index (χ2v) is 4.30. The Morgan fingerprint density at radius 2 is 2.00 bits per heavy atom. The van der Waals surface area contributed by atoms with Gasteiger partial charge in [0.05, 0.1) is 5.60 Å². The molecule has 1 N–H and O–H groups in total. The van der Waals surface area contributed by atoms with Crippen LogP contribution in [0.4, 0.5) is 0 Å². The van der Waals surface area contributed by atoms with Crippen LogP contribution < -0.4 is 0 Å². The van der Waals surface area contributed by atoms with Crippen LogP contribution in [0.3, 0.4) is 0 Å². The first-order chi connectivity index (χ1) is 6.68. The maximum atomic E-state index is 9.74. The summed E-state index contributed by atoms with van der Waals surface area (Å²) in [6, 6.07) is 10.2. The Morgan fingerprint density at radius 3 is 2.57 bits per heavy atom. The van der Waals surface area contributed by atoms with E-state index in [9.17, 15) is 5.11 Å². The molecule has 0 spiro atoms. The van der Waals surface area contributed by atoms with Gasteiger partial charge in [0, 0.05) is 0 Å². The minimum atomic E-state index is -0.366. The molecule has 0 atom stereocenters. The molecule has 2 rings (SSSR count). The van der Waals surface area contributed by atoms with Crippen molar-refractivity contribution >= 4 is 6.08 Å². The molecule has 0 aliphatic heterocycles. The van der Waals surface area contributed by atoms with E-state index in [0.717, 1.165) is 19.3 Å². The molecule has 1 saturated carbocycles. The van der Waals surface area contributed by atoms with Gasteiger partial charge in [-0.05, 0) is 31.7 Å². The van der Waals surface area contributed by atoms with Crippen LogP contribution in [0.15, 0.2) is 35.9 Å². The first-order valence-electron chi connectivity index (χ1n) is 5.13. The molecule has 1 heteroatoms. The molecule has 0 saturated heterocycles. The number of rotatable bonds is 3. The van der Waals surface area contributed by atoms with Gasteiger partial charge in [-0.3, -0.25) is 0 Å². The molecule has 1 aliphatic rings. The summed E-state index contributed by atoms with van der Waals surface area (Å²) >= 11 is 0. The minimum absolute atomic E-state index is 0.366. The van der Waals surface area contributed by atoms with E-state index < -0.39 is 0 Å². The van der Waals surface area contributed by atoms with Crippen LogP contribution >= 0.6 is 0 Å². The highest BCUT2D eigenvalue weighted by Gasteiger charge is 2.39. The molecule has 1 aliphatic carbocycles. The molecule has 1 nitrogen and oxygen atoms in total. The Bertz CT molecular complexity index is 334. The second kappa shape index (κ2) is 3.58. The second-order valence-electron chi connectivity index (χ2n) is 4.30. The minimum Gasteiger partial charge on any atom is -0.390 e. The number of aliphatic hydroxyl groups is 1. The summed E-state index contributed by atoms with van der Waals surface area (Å²) in [5.41, 5.74) is 2.11. The van der Waals surface area contributed by atoms with E-state index in [-0.39, 0.29) is 5.60 Å². The number of hydrogen-bond acceptors (Lipinski definition) is 1. The monoisotopic (exact) mass is 188 g/mol. The predicted octanol–water partition coefficient (Wildman–Crippen LogP) is 3.00. The standard InChI is InChI=1S/C13H16O/c1-11(10-13(14)7-8-13)9-12-5-3-2-4-6-12/h2-6,9,14H,7-8,10H2,1H3/b11-9+. The number of hydrogen-bond donors (Lipinski definition) is 1. The van der Waals surface area contributed by atoms with Crippen molar-refractivity contribution in [2.75, 3.05) is 0 Å². The zero-order valence-corrected chi connectivity index (χ0v) is 8.53. The third-order valence-electron chi connectivity index (χ3n) is 2.65. The van der Waals surface area contributed by atoms with Crippen LogP contribution in [0, 0.1) is 0 Å². The molecule has 0 aromatic heterocycles. The van der Waals surface area contributed by atoms with Gasteiger partial charge in [-0.1, -0.05) is 42.0 Å². The number of benzene rings is 1. The molecular formula is C13H16O. The van der Waals surface area contributed by atoms with Crippen molar-refractivity contribution in [2.24, 2.45) is 0 Å². The first kappa shape index (κ1) is 9.47. The SMILES string of the molecule is C/C(=C\c1ccccc1)CC1(O)CC1. The molecule has 0 heterocycles. The van der Waals surface area contributed by atoms with Gasteiger partial charge >= 0.3 is 0 Å². The maximum absolute atomic E-state index is 9.74. The van der Waals surface area contributed by atoms with Crippen LogP contribution in [0.1, 0.15) is 31.7 Å². The molecule has 0 unspecified atom stereocenters. The van der Waals surface area contributed by atoms with Crippen molar-refractivity contribution in [1.82, 2.24) is 0 Å². The van der Waals surface area contributed by atoms with Crippen LogP contribution in [-0.2, 0) is 0 Å². The van der Waals surface area contributed by atoms with Crippen LogP contribution in [0.25, 0.3) is 6.08 Å². The zero-order valence-electron chi connectivity index (χ0n) is 8.53. The summed E-state index contributed by atoms with van der Waals surface area (Å²) in [5, 5.41) is 9.74. The zero-order chi connectivity index (χ0) is 10.0. The van der Waals surface area contributed by atoms with E-state index in [1.54, 1.807) is 0 Å². The van der Waals surface area contributed by atoms with E-state index in [1.165, 1.54) is 11.1 Å². The van der Waals surface area contributed by atoms with Gasteiger partial charge < -0.3 is 5.11 Å². The molecular weight excluding hydrogens is 172 g/mol.